The average Bonchev–Trinajstić information content (AvgIpc) is 3.63. The van der Waals surface area contributed by atoms with Gasteiger partial charge in [0, 0.05) is 44.5 Å². The number of aromatic nitrogens is 2. The zero-order valence-corrected chi connectivity index (χ0v) is 21.9. The summed E-state index contributed by atoms with van der Waals surface area (Å²) in [4.78, 5) is 18.4. The van der Waals surface area contributed by atoms with E-state index in [0.717, 1.165) is 33.5 Å². The SMILES string of the molecule is Cc1c(C23c4cccc(-c5ccc(Cl)cc5)c4C(=O)C2Cc2c(C)c4ccccc4n23)[nH]c2ccccc12. The van der Waals surface area contributed by atoms with E-state index in [-0.39, 0.29) is 11.7 Å². The van der Waals surface area contributed by atoms with Gasteiger partial charge in [0.1, 0.15) is 5.54 Å². The van der Waals surface area contributed by atoms with E-state index in [4.69, 9.17) is 11.6 Å². The summed E-state index contributed by atoms with van der Waals surface area (Å²) < 4.78 is 2.50. The lowest BCUT2D eigenvalue weighted by molar-refractivity contribution is 0.0907. The second-order valence-electron chi connectivity index (χ2n) is 10.7. The molecule has 2 unspecified atom stereocenters. The number of ketones is 1. The van der Waals surface area contributed by atoms with E-state index >= 15 is 0 Å². The molecule has 1 N–H and O–H groups in total. The van der Waals surface area contributed by atoms with Crippen LogP contribution in [0.2, 0.25) is 5.02 Å². The van der Waals surface area contributed by atoms with Gasteiger partial charge in [0.05, 0.1) is 11.6 Å². The number of para-hydroxylation sites is 2. The van der Waals surface area contributed by atoms with Crippen LogP contribution >= 0.6 is 11.6 Å². The number of benzene rings is 4. The second kappa shape index (κ2) is 7.49. The number of hydrogen-bond acceptors (Lipinski definition) is 1. The highest BCUT2D eigenvalue weighted by Gasteiger charge is 2.61. The summed E-state index contributed by atoms with van der Waals surface area (Å²) in [6.45, 7) is 4.40. The Hall–Kier alpha value is -4.08. The number of halogens is 1. The van der Waals surface area contributed by atoms with Crippen molar-refractivity contribution < 1.29 is 4.79 Å². The molecule has 184 valence electrons. The van der Waals surface area contributed by atoms with Gasteiger partial charge in [-0.05, 0) is 65.9 Å². The van der Waals surface area contributed by atoms with E-state index in [1.54, 1.807) is 0 Å². The van der Waals surface area contributed by atoms with Gasteiger partial charge in [0.15, 0.2) is 5.78 Å². The lowest BCUT2D eigenvalue weighted by Crippen LogP contribution is -2.39. The van der Waals surface area contributed by atoms with E-state index in [1.807, 2.05) is 24.3 Å². The summed E-state index contributed by atoms with van der Waals surface area (Å²) in [5.74, 6) is -0.00759. The number of fused-ring (bicyclic) bond motifs is 8. The van der Waals surface area contributed by atoms with Gasteiger partial charge in [0.2, 0.25) is 0 Å². The van der Waals surface area contributed by atoms with Gasteiger partial charge >= 0.3 is 0 Å². The van der Waals surface area contributed by atoms with E-state index in [2.05, 4.69) is 90.1 Å². The first-order valence-corrected chi connectivity index (χ1v) is 13.5. The number of carbonyl (C=O) groups excluding carboxylic acids is 1. The van der Waals surface area contributed by atoms with Crippen molar-refractivity contribution in [2.45, 2.75) is 25.8 Å². The lowest BCUT2D eigenvalue weighted by Gasteiger charge is -2.34. The summed E-state index contributed by atoms with van der Waals surface area (Å²) in [5.41, 5.74) is 10.4. The minimum Gasteiger partial charge on any atom is -0.356 e. The van der Waals surface area contributed by atoms with Gasteiger partial charge in [-0.3, -0.25) is 4.79 Å². The quantitative estimate of drug-likeness (QED) is 0.249. The molecule has 3 heterocycles. The average molecular weight is 513 g/mol. The van der Waals surface area contributed by atoms with Crippen LogP contribution in [0, 0.1) is 19.8 Å². The van der Waals surface area contributed by atoms with Crippen LogP contribution < -0.4 is 0 Å². The minimum absolute atomic E-state index is 0.218. The molecule has 2 aliphatic rings. The van der Waals surface area contributed by atoms with Crippen molar-refractivity contribution in [3.63, 3.8) is 0 Å². The number of aryl methyl sites for hydroxylation is 2. The van der Waals surface area contributed by atoms with Crippen LogP contribution in [0.1, 0.15) is 38.4 Å². The van der Waals surface area contributed by atoms with Crippen LogP contribution in [-0.4, -0.2) is 15.3 Å². The maximum Gasteiger partial charge on any atom is 0.170 e. The standard InChI is InChI=1S/C34H25ClN2O/c1-19-24-9-4-6-13-29(24)37-30(19)18-27-32(38)31-25(21-14-16-22(35)17-15-21)10-7-11-26(31)34(27,37)33-20(2)23-8-3-5-12-28(23)36-33/h3-17,27,36H,18H2,1-2H3. The van der Waals surface area contributed by atoms with Gasteiger partial charge in [-0.1, -0.05) is 78.3 Å². The molecule has 3 nitrogen and oxygen atoms in total. The first-order chi connectivity index (χ1) is 18.5. The highest BCUT2D eigenvalue weighted by molar-refractivity contribution is 6.30. The van der Waals surface area contributed by atoms with Gasteiger partial charge < -0.3 is 9.55 Å². The molecule has 0 saturated carbocycles. The second-order valence-corrected chi connectivity index (χ2v) is 11.2. The highest BCUT2D eigenvalue weighted by Crippen LogP contribution is 2.59. The van der Waals surface area contributed by atoms with Crippen molar-refractivity contribution in [3.05, 3.63) is 130 Å². The maximum atomic E-state index is 14.6. The molecule has 0 saturated heterocycles. The fourth-order valence-corrected chi connectivity index (χ4v) is 7.58. The molecule has 2 aromatic heterocycles. The summed E-state index contributed by atoms with van der Waals surface area (Å²) in [6.07, 6.45) is 0.711. The number of carbonyl (C=O) groups is 1. The number of Topliss-reactive ketones (excluding diaryl/α,β-unsaturated/α-hetero) is 1. The third-order valence-electron chi connectivity index (χ3n) is 9.05. The third-order valence-corrected chi connectivity index (χ3v) is 9.30. The largest absolute Gasteiger partial charge is 0.356 e. The number of H-pyrrole nitrogens is 1. The number of hydrogen-bond donors (Lipinski definition) is 1. The fraction of sp³-hybridized carbons (Fsp3) is 0.147. The van der Waals surface area contributed by atoms with E-state index in [9.17, 15) is 4.79 Å². The van der Waals surface area contributed by atoms with Crippen LogP contribution in [0.15, 0.2) is 91.0 Å². The normalized spacial score (nSPS) is 19.8. The van der Waals surface area contributed by atoms with Crippen LogP contribution in [0.3, 0.4) is 0 Å². The summed E-state index contributed by atoms with van der Waals surface area (Å²) in [5, 5.41) is 3.14. The molecule has 0 fully saturated rings. The summed E-state index contributed by atoms with van der Waals surface area (Å²) >= 11 is 6.22. The molecule has 1 aliphatic heterocycles. The molecule has 4 heteroatoms. The number of rotatable bonds is 2. The lowest BCUT2D eigenvalue weighted by atomic mass is 9.79. The molecule has 1 aliphatic carbocycles. The van der Waals surface area contributed by atoms with Crippen LogP contribution in [0.5, 0.6) is 0 Å². The molecule has 0 radical (unpaired) electrons. The summed E-state index contributed by atoms with van der Waals surface area (Å²) in [6, 6.07) is 31.3. The topological polar surface area (TPSA) is 37.8 Å². The van der Waals surface area contributed by atoms with Gasteiger partial charge in [-0.15, -0.1) is 0 Å². The van der Waals surface area contributed by atoms with Crippen molar-refractivity contribution >= 4 is 39.2 Å². The molecule has 8 rings (SSSR count). The van der Waals surface area contributed by atoms with Crippen molar-refractivity contribution in [2.24, 2.45) is 5.92 Å². The predicted molar refractivity (Wildman–Crippen MR) is 154 cm³/mol. The Morgan fingerprint density at radius 2 is 1.58 bits per heavy atom. The molecular formula is C34H25ClN2O. The van der Waals surface area contributed by atoms with Crippen molar-refractivity contribution in [2.75, 3.05) is 0 Å². The molecular weight excluding hydrogens is 488 g/mol. The van der Waals surface area contributed by atoms with Crippen molar-refractivity contribution in [1.82, 2.24) is 9.55 Å². The number of nitrogens with one attached hydrogen (secondary N) is 1. The molecule has 0 bridgehead atoms. The Morgan fingerprint density at radius 3 is 2.37 bits per heavy atom. The molecule has 0 spiro atoms. The minimum atomic E-state index is -0.652. The Balaban J connectivity index is 1.54. The first-order valence-electron chi connectivity index (χ1n) is 13.1. The first kappa shape index (κ1) is 22.0. The van der Waals surface area contributed by atoms with E-state index in [0.29, 0.717) is 11.4 Å². The zero-order chi connectivity index (χ0) is 25.8. The summed E-state index contributed by atoms with van der Waals surface area (Å²) in [7, 11) is 0. The smallest absolute Gasteiger partial charge is 0.170 e. The molecule has 0 amide bonds. The molecule has 2 atom stereocenters. The Bertz CT molecular complexity index is 1960. The van der Waals surface area contributed by atoms with E-state index in [1.165, 1.54) is 33.1 Å². The van der Waals surface area contributed by atoms with E-state index < -0.39 is 5.54 Å². The molecule has 38 heavy (non-hydrogen) atoms. The van der Waals surface area contributed by atoms with Crippen LogP contribution in [0.25, 0.3) is 32.9 Å². The fourth-order valence-electron chi connectivity index (χ4n) is 7.45. The number of nitrogens with zero attached hydrogens (tertiary/aromatic N) is 1. The molecule has 4 aromatic carbocycles. The molecule has 6 aromatic rings. The maximum absolute atomic E-state index is 14.6. The van der Waals surface area contributed by atoms with Crippen LogP contribution in [0.4, 0.5) is 0 Å². The third kappa shape index (κ3) is 2.53. The van der Waals surface area contributed by atoms with Crippen LogP contribution in [-0.2, 0) is 12.0 Å². The zero-order valence-electron chi connectivity index (χ0n) is 21.2. The van der Waals surface area contributed by atoms with Gasteiger partial charge in [0.25, 0.3) is 0 Å². The Kier molecular flexibility index (Phi) is 4.33. The highest BCUT2D eigenvalue weighted by atomic mass is 35.5. The van der Waals surface area contributed by atoms with Crippen molar-refractivity contribution in [3.8, 4) is 11.1 Å². The monoisotopic (exact) mass is 512 g/mol. The van der Waals surface area contributed by atoms with Gasteiger partial charge in [-0.2, -0.15) is 0 Å². The van der Waals surface area contributed by atoms with Gasteiger partial charge in [-0.25, -0.2) is 0 Å². The number of aromatic amines is 1. The Labute approximate surface area is 225 Å². The van der Waals surface area contributed by atoms with Crippen molar-refractivity contribution in [1.29, 1.82) is 0 Å². The Morgan fingerprint density at radius 1 is 0.842 bits per heavy atom. The predicted octanol–water partition coefficient (Wildman–Crippen LogP) is 8.22.